The molecule has 0 spiro atoms. The Balaban J connectivity index is 1.33. The van der Waals surface area contributed by atoms with Gasteiger partial charge in [-0.3, -0.25) is 0 Å². The molecule has 44 heavy (non-hydrogen) atoms. The number of nitrogens with zero attached hydrogens (tertiary/aromatic N) is 4. The highest BCUT2D eigenvalue weighted by Gasteiger charge is 2.24. The van der Waals surface area contributed by atoms with Crippen LogP contribution in [0.1, 0.15) is 123 Å². The van der Waals surface area contributed by atoms with Gasteiger partial charge in [0.2, 0.25) is 0 Å². The van der Waals surface area contributed by atoms with Crippen LogP contribution in [-0.2, 0) is 0 Å². The molecule has 0 fully saturated rings. The molecule has 8 bridgehead atoms. The topological polar surface area (TPSA) is 49.4 Å². The van der Waals surface area contributed by atoms with E-state index in [0.717, 1.165) is 45.6 Å². The maximum absolute atomic E-state index is 5.18. The summed E-state index contributed by atoms with van der Waals surface area (Å²) in [6.07, 6.45) is 46.0. The van der Waals surface area contributed by atoms with Gasteiger partial charge in [0, 0.05) is 0 Å². The van der Waals surface area contributed by atoms with E-state index in [4.69, 9.17) is 20.0 Å². The zero-order valence-electron chi connectivity index (χ0n) is 27.2. The van der Waals surface area contributed by atoms with Gasteiger partial charge in [0.05, 0.1) is 45.6 Å². The number of hydrogen-bond donors (Lipinski definition) is 0. The highest BCUT2D eigenvalue weighted by Crippen LogP contribution is 2.33. The smallest absolute Gasteiger partial charge is 0.0693 e. The molecule has 4 heteroatoms. The molecule has 232 valence electrons. The lowest BCUT2D eigenvalue weighted by atomic mass is 9.85. The highest BCUT2D eigenvalue weighted by atomic mass is 14.8. The molecule has 0 N–H and O–H groups in total. The first kappa shape index (κ1) is 32.0. The third-order valence-electron chi connectivity index (χ3n) is 9.07. The lowest BCUT2D eigenvalue weighted by molar-refractivity contribution is 0.457. The molecule has 1 atom stereocenters. The van der Waals surface area contributed by atoms with Crippen molar-refractivity contribution in [2.45, 2.75) is 123 Å². The summed E-state index contributed by atoms with van der Waals surface area (Å²) in [6, 6.07) is 0. The maximum atomic E-state index is 5.18. The first-order valence-corrected chi connectivity index (χ1v) is 17.7. The monoisotopic (exact) mass is 588 g/mol. The van der Waals surface area contributed by atoms with Crippen molar-refractivity contribution in [2.24, 2.45) is 25.9 Å². The lowest BCUT2D eigenvalue weighted by Gasteiger charge is -2.19. The Morgan fingerprint density at radius 3 is 1.30 bits per heavy atom. The Hall–Kier alpha value is -3.40. The van der Waals surface area contributed by atoms with Gasteiger partial charge in [0.15, 0.2) is 0 Å². The largest absolute Gasteiger partial charge is 0.249 e. The van der Waals surface area contributed by atoms with Crippen LogP contribution in [0, 0.1) is 5.92 Å². The zero-order valence-corrected chi connectivity index (χ0v) is 27.2. The summed E-state index contributed by atoms with van der Waals surface area (Å²) in [6.45, 7) is 4.59. The van der Waals surface area contributed by atoms with Crippen LogP contribution in [0.25, 0.3) is 0 Å². The molecule has 5 rings (SSSR count). The second kappa shape index (κ2) is 17.2. The van der Waals surface area contributed by atoms with E-state index in [9.17, 15) is 0 Å². The maximum Gasteiger partial charge on any atom is 0.0693 e. The van der Waals surface area contributed by atoms with Crippen LogP contribution in [0.5, 0.6) is 0 Å². The summed E-state index contributed by atoms with van der Waals surface area (Å²) < 4.78 is 0. The Morgan fingerprint density at radius 1 is 0.409 bits per heavy atom. The molecule has 0 aromatic rings. The SMILES string of the molecule is CCCCCCCCCCCC(CCCCCCCC)C1=CC2=CC3=NC(=CC4=NC(=CC5=NC(=CC1=N2)C=C5)C=C4)C=C3. The fraction of sp³-hybridized carbons (Fsp3) is 0.500. The Morgan fingerprint density at radius 2 is 0.818 bits per heavy atom. The molecule has 5 aliphatic heterocycles. The van der Waals surface area contributed by atoms with Gasteiger partial charge >= 0.3 is 0 Å². The van der Waals surface area contributed by atoms with Crippen LogP contribution in [-0.4, -0.2) is 22.8 Å². The summed E-state index contributed by atoms with van der Waals surface area (Å²) in [7, 11) is 0. The van der Waals surface area contributed by atoms with Gasteiger partial charge < -0.3 is 0 Å². The quantitative estimate of drug-likeness (QED) is 0.143. The summed E-state index contributed by atoms with van der Waals surface area (Å²) >= 11 is 0. The first-order valence-electron chi connectivity index (χ1n) is 17.7. The average Bonchev–Trinajstić information content (AvgIpc) is 3.83. The fourth-order valence-corrected chi connectivity index (χ4v) is 6.57. The number of hydrogen-bond acceptors (Lipinski definition) is 4. The van der Waals surface area contributed by atoms with Crippen LogP contribution in [0.2, 0.25) is 0 Å². The van der Waals surface area contributed by atoms with E-state index in [-0.39, 0.29) is 0 Å². The van der Waals surface area contributed by atoms with E-state index in [2.05, 4.69) is 56.4 Å². The minimum absolute atomic E-state index is 0.526. The Labute approximate surface area is 266 Å². The van der Waals surface area contributed by atoms with Crippen LogP contribution in [0.4, 0.5) is 0 Å². The standard InChI is InChI=1S/C40H52N4/c1-3-5-7-9-11-12-13-15-17-19-31(18-16-14-10-8-6-4-2)39-29-38-28-36-23-22-34(42-36)26-32-20-21-33(41-32)27-35-24-25-37(43-35)30-40(39)44-38/h20-31H,3-19H2,1-2H3. The van der Waals surface area contributed by atoms with Crippen molar-refractivity contribution in [1.82, 2.24) is 0 Å². The van der Waals surface area contributed by atoms with Gasteiger partial charge in [-0.1, -0.05) is 110 Å². The van der Waals surface area contributed by atoms with E-state index >= 15 is 0 Å². The van der Waals surface area contributed by atoms with Crippen LogP contribution in [0.3, 0.4) is 0 Å². The third-order valence-corrected chi connectivity index (χ3v) is 9.07. The van der Waals surface area contributed by atoms with Gasteiger partial charge in [-0.15, -0.1) is 0 Å². The second-order valence-electron chi connectivity index (χ2n) is 12.9. The predicted octanol–water partition coefficient (Wildman–Crippen LogP) is 11.2. The van der Waals surface area contributed by atoms with Crippen molar-refractivity contribution < 1.29 is 0 Å². The third kappa shape index (κ3) is 9.81. The summed E-state index contributed by atoms with van der Waals surface area (Å²) in [5, 5.41) is 0. The number of fused-ring (bicyclic) bond motifs is 4. The summed E-state index contributed by atoms with van der Waals surface area (Å²) in [5.41, 5.74) is 9.05. The second-order valence-corrected chi connectivity index (χ2v) is 12.9. The van der Waals surface area contributed by atoms with Crippen molar-refractivity contribution in [1.29, 1.82) is 0 Å². The van der Waals surface area contributed by atoms with E-state index in [1.165, 1.54) is 115 Å². The molecule has 5 heterocycles. The molecule has 0 aromatic carbocycles. The van der Waals surface area contributed by atoms with E-state index in [0.29, 0.717) is 5.92 Å². The van der Waals surface area contributed by atoms with Crippen LogP contribution >= 0.6 is 0 Å². The molecule has 1 unspecified atom stereocenters. The normalized spacial score (nSPS) is 18.8. The summed E-state index contributed by atoms with van der Waals surface area (Å²) in [4.78, 5) is 19.7. The van der Waals surface area contributed by atoms with Crippen molar-refractivity contribution in [3.05, 3.63) is 95.2 Å². The highest BCUT2D eigenvalue weighted by molar-refractivity contribution is 6.16. The number of unbranched alkanes of at least 4 members (excludes halogenated alkanes) is 13. The molecule has 0 radical (unpaired) electrons. The lowest BCUT2D eigenvalue weighted by Crippen LogP contribution is -2.11. The fourth-order valence-electron chi connectivity index (χ4n) is 6.57. The molecule has 0 saturated heterocycles. The minimum Gasteiger partial charge on any atom is -0.249 e. The molecule has 0 saturated carbocycles. The van der Waals surface area contributed by atoms with Gasteiger partial charge in [0.25, 0.3) is 0 Å². The van der Waals surface area contributed by atoms with Crippen molar-refractivity contribution >= 4 is 22.8 Å². The predicted molar refractivity (Wildman–Crippen MR) is 191 cm³/mol. The van der Waals surface area contributed by atoms with E-state index < -0.39 is 0 Å². The molecule has 0 amide bonds. The Kier molecular flexibility index (Phi) is 12.5. The Bertz CT molecular complexity index is 1400. The minimum atomic E-state index is 0.526. The van der Waals surface area contributed by atoms with Crippen LogP contribution in [0.15, 0.2) is 115 Å². The van der Waals surface area contributed by atoms with Crippen molar-refractivity contribution in [3.8, 4) is 0 Å². The number of rotatable bonds is 18. The molecule has 5 aliphatic rings. The first-order chi connectivity index (χ1) is 21.7. The number of allylic oxidation sites excluding steroid dienone is 12. The molecular formula is C40H52N4. The molecule has 0 aromatic heterocycles. The van der Waals surface area contributed by atoms with Gasteiger partial charge in [0.1, 0.15) is 0 Å². The number of aliphatic imine (C=N–C) groups is 4. The average molecular weight is 589 g/mol. The van der Waals surface area contributed by atoms with Gasteiger partial charge in [-0.2, -0.15) is 0 Å². The van der Waals surface area contributed by atoms with Crippen LogP contribution < -0.4 is 0 Å². The van der Waals surface area contributed by atoms with Gasteiger partial charge in [-0.05, 0) is 91.2 Å². The van der Waals surface area contributed by atoms with Crippen molar-refractivity contribution in [2.75, 3.05) is 0 Å². The summed E-state index contributed by atoms with van der Waals surface area (Å²) in [5.74, 6) is 0.526. The molecule has 0 aliphatic carbocycles. The molecular weight excluding hydrogens is 536 g/mol. The zero-order chi connectivity index (χ0) is 30.4. The van der Waals surface area contributed by atoms with E-state index in [1.54, 1.807) is 0 Å². The van der Waals surface area contributed by atoms with Crippen molar-refractivity contribution in [3.63, 3.8) is 0 Å². The van der Waals surface area contributed by atoms with Gasteiger partial charge in [-0.25, -0.2) is 20.0 Å². The van der Waals surface area contributed by atoms with E-state index in [1.807, 2.05) is 24.3 Å². The molecule has 4 nitrogen and oxygen atoms in total.